The van der Waals surface area contributed by atoms with E-state index in [1.54, 1.807) is 13.8 Å². The molecular formula is C16H24N2O4S2. The second-order valence-electron chi connectivity index (χ2n) is 7.37. The number of sulfonamides is 2. The lowest BCUT2D eigenvalue weighted by Crippen LogP contribution is -2.34. The summed E-state index contributed by atoms with van der Waals surface area (Å²) >= 11 is 0. The van der Waals surface area contributed by atoms with Crippen molar-refractivity contribution in [1.29, 1.82) is 0 Å². The molecule has 2 aliphatic carbocycles. The number of benzene rings is 1. The molecule has 2 N–H and O–H groups in total. The van der Waals surface area contributed by atoms with Gasteiger partial charge in [0.15, 0.2) is 0 Å². The van der Waals surface area contributed by atoms with Gasteiger partial charge in [0, 0.05) is 13.1 Å². The molecule has 1 aromatic rings. The topological polar surface area (TPSA) is 92.3 Å². The largest absolute Gasteiger partial charge is 0.217 e. The first-order valence-electron chi connectivity index (χ1n) is 8.13. The van der Waals surface area contributed by atoms with Crippen molar-refractivity contribution in [1.82, 2.24) is 9.44 Å². The zero-order valence-electron chi connectivity index (χ0n) is 14.0. The Labute approximate surface area is 144 Å². The zero-order chi connectivity index (χ0) is 17.6. The van der Waals surface area contributed by atoms with E-state index in [1.165, 1.54) is 0 Å². The highest BCUT2D eigenvalue weighted by Gasteiger charge is 2.50. The minimum absolute atomic E-state index is 0.218. The summed E-state index contributed by atoms with van der Waals surface area (Å²) in [5.74, 6) is 0. The van der Waals surface area contributed by atoms with E-state index in [-0.39, 0.29) is 13.1 Å². The third-order valence-electron chi connectivity index (χ3n) is 5.13. The summed E-state index contributed by atoms with van der Waals surface area (Å²) in [6.07, 6.45) is 2.79. The van der Waals surface area contributed by atoms with Crippen LogP contribution in [0.25, 0.3) is 0 Å². The molecule has 0 radical (unpaired) electrons. The fourth-order valence-electron chi connectivity index (χ4n) is 2.44. The summed E-state index contributed by atoms with van der Waals surface area (Å²) in [5.41, 5.74) is 1.63. The van der Waals surface area contributed by atoms with Gasteiger partial charge < -0.3 is 0 Å². The molecule has 0 unspecified atom stereocenters. The number of hydrogen-bond acceptors (Lipinski definition) is 4. The van der Waals surface area contributed by atoms with E-state index < -0.39 is 29.5 Å². The van der Waals surface area contributed by atoms with Gasteiger partial charge >= 0.3 is 0 Å². The van der Waals surface area contributed by atoms with E-state index in [2.05, 4.69) is 9.44 Å². The Morgan fingerprint density at radius 3 is 1.54 bits per heavy atom. The van der Waals surface area contributed by atoms with Gasteiger partial charge in [-0.1, -0.05) is 24.3 Å². The van der Waals surface area contributed by atoms with E-state index in [1.807, 2.05) is 24.3 Å². The van der Waals surface area contributed by atoms with E-state index in [4.69, 9.17) is 0 Å². The van der Waals surface area contributed by atoms with Crippen molar-refractivity contribution in [2.45, 2.75) is 62.1 Å². The number of hydrogen-bond donors (Lipinski definition) is 2. The lowest BCUT2D eigenvalue weighted by Gasteiger charge is -2.14. The first-order valence-corrected chi connectivity index (χ1v) is 11.1. The normalized spacial score (nSPS) is 21.4. The monoisotopic (exact) mass is 372 g/mol. The molecule has 0 aliphatic heterocycles. The van der Waals surface area contributed by atoms with Crippen molar-refractivity contribution < 1.29 is 16.8 Å². The molecule has 0 amide bonds. The van der Waals surface area contributed by atoms with Crippen molar-refractivity contribution in [2.24, 2.45) is 0 Å². The van der Waals surface area contributed by atoms with Crippen LogP contribution in [0.2, 0.25) is 0 Å². The van der Waals surface area contributed by atoms with Crippen LogP contribution in [0.5, 0.6) is 0 Å². The zero-order valence-corrected chi connectivity index (χ0v) is 15.6. The van der Waals surface area contributed by atoms with Crippen LogP contribution in [0.3, 0.4) is 0 Å². The molecule has 0 heterocycles. The maximum atomic E-state index is 12.1. The first kappa shape index (κ1) is 17.8. The van der Waals surface area contributed by atoms with Gasteiger partial charge in [0.25, 0.3) is 0 Å². The Morgan fingerprint density at radius 2 is 1.21 bits per heavy atom. The van der Waals surface area contributed by atoms with Crippen LogP contribution in [-0.2, 0) is 33.1 Å². The van der Waals surface area contributed by atoms with Gasteiger partial charge in [-0.15, -0.1) is 0 Å². The van der Waals surface area contributed by atoms with Crippen LogP contribution in [0.15, 0.2) is 24.3 Å². The minimum Gasteiger partial charge on any atom is -0.212 e. The van der Waals surface area contributed by atoms with Crippen LogP contribution >= 0.6 is 0 Å². The second kappa shape index (κ2) is 5.79. The molecule has 8 heteroatoms. The Morgan fingerprint density at radius 1 is 0.833 bits per heavy atom. The van der Waals surface area contributed by atoms with Crippen molar-refractivity contribution >= 4 is 20.0 Å². The Bertz CT molecular complexity index is 771. The Kier molecular flexibility index (Phi) is 4.31. The standard InChI is InChI=1S/C16H24N2O4S2/c1-15(6-7-15)23(19,20)17-11-13-4-3-5-14(10-13)12-18-24(21,22)16(2)8-9-16/h3-5,10,17-18H,6-9,11-12H2,1-2H3. The lowest BCUT2D eigenvalue weighted by molar-refractivity contribution is 0.566. The maximum Gasteiger partial charge on any atom is 0.217 e. The Balaban J connectivity index is 1.60. The van der Waals surface area contributed by atoms with Crippen LogP contribution in [0.4, 0.5) is 0 Å². The molecule has 2 fully saturated rings. The molecule has 3 rings (SSSR count). The predicted molar refractivity (Wildman–Crippen MR) is 93.2 cm³/mol. The molecule has 1 aromatic carbocycles. The molecule has 2 aliphatic rings. The molecule has 0 aromatic heterocycles. The third-order valence-corrected chi connectivity index (χ3v) is 9.59. The summed E-state index contributed by atoms with van der Waals surface area (Å²) in [7, 11) is -6.61. The molecule has 134 valence electrons. The highest BCUT2D eigenvalue weighted by molar-refractivity contribution is 7.91. The molecule has 0 saturated heterocycles. The van der Waals surface area contributed by atoms with Gasteiger partial charge in [0.2, 0.25) is 20.0 Å². The highest BCUT2D eigenvalue weighted by atomic mass is 32.2. The molecule has 0 spiro atoms. The van der Waals surface area contributed by atoms with E-state index in [9.17, 15) is 16.8 Å². The highest BCUT2D eigenvalue weighted by Crippen LogP contribution is 2.42. The smallest absolute Gasteiger partial charge is 0.212 e. The summed E-state index contributed by atoms with van der Waals surface area (Å²) in [6, 6.07) is 7.30. The van der Waals surface area contributed by atoms with Crippen molar-refractivity contribution in [2.75, 3.05) is 0 Å². The quantitative estimate of drug-likeness (QED) is 0.725. The van der Waals surface area contributed by atoms with E-state index in [0.717, 1.165) is 11.1 Å². The van der Waals surface area contributed by atoms with Gasteiger partial charge in [-0.05, 0) is 50.7 Å². The fourth-order valence-corrected chi connectivity index (χ4v) is 5.13. The maximum absolute atomic E-state index is 12.1. The van der Waals surface area contributed by atoms with Crippen molar-refractivity contribution in [3.63, 3.8) is 0 Å². The molecule has 6 nitrogen and oxygen atoms in total. The van der Waals surface area contributed by atoms with Crippen LogP contribution in [-0.4, -0.2) is 26.3 Å². The summed E-state index contributed by atoms with van der Waals surface area (Å²) in [4.78, 5) is 0. The van der Waals surface area contributed by atoms with Gasteiger partial charge in [-0.3, -0.25) is 0 Å². The summed E-state index contributed by atoms with van der Waals surface area (Å²) in [5, 5.41) is 0. The summed E-state index contributed by atoms with van der Waals surface area (Å²) in [6.45, 7) is 3.93. The number of rotatable bonds is 8. The van der Waals surface area contributed by atoms with Gasteiger partial charge in [0.05, 0.1) is 9.49 Å². The second-order valence-corrected chi connectivity index (χ2v) is 11.9. The van der Waals surface area contributed by atoms with Crippen molar-refractivity contribution in [3.8, 4) is 0 Å². The minimum atomic E-state index is -3.31. The number of nitrogens with one attached hydrogen (secondary N) is 2. The SMILES string of the molecule is CC1(S(=O)(=O)NCc2cccc(CNS(=O)(=O)C3(C)CC3)c2)CC1. The molecule has 24 heavy (non-hydrogen) atoms. The molecule has 2 saturated carbocycles. The van der Waals surface area contributed by atoms with E-state index in [0.29, 0.717) is 25.7 Å². The average Bonchev–Trinajstić information content (AvgIpc) is 3.43. The molecular weight excluding hydrogens is 348 g/mol. The molecule has 0 atom stereocenters. The first-order chi connectivity index (χ1) is 11.1. The Hall–Kier alpha value is -0.960. The lowest BCUT2D eigenvalue weighted by atomic mass is 10.1. The van der Waals surface area contributed by atoms with E-state index >= 15 is 0 Å². The summed E-state index contributed by atoms with van der Waals surface area (Å²) < 4.78 is 52.6. The fraction of sp³-hybridized carbons (Fsp3) is 0.625. The third kappa shape index (κ3) is 3.51. The van der Waals surface area contributed by atoms with Crippen LogP contribution in [0.1, 0.15) is 50.7 Å². The van der Waals surface area contributed by atoms with Crippen LogP contribution < -0.4 is 9.44 Å². The molecule has 0 bridgehead atoms. The average molecular weight is 373 g/mol. The predicted octanol–water partition coefficient (Wildman–Crippen LogP) is 1.63. The van der Waals surface area contributed by atoms with Crippen molar-refractivity contribution in [3.05, 3.63) is 35.4 Å². The van der Waals surface area contributed by atoms with Crippen LogP contribution in [0, 0.1) is 0 Å². The van der Waals surface area contributed by atoms with Gasteiger partial charge in [-0.25, -0.2) is 26.3 Å². The van der Waals surface area contributed by atoms with Gasteiger partial charge in [0.1, 0.15) is 0 Å². The van der Waals surface area contributed by atoms with Gasteiger partial charge in [-0.2, -0.15) is 0 Å².